The molecule has 0 saturated heterocycles. The predicted molar refractivity (Wildman–Crippen MR) is 149 cm³/mol. The number of esters is 3. The third-order valence-corrected chi connectivity index (χ3v) is 5.02. The van der Waals surface area contributed by atoms with E-state index in [1.165, 1.54) is 0 Å². The van der Waals surface area contributed by atoms with Gasteiger partial charge >= 0.3 is 17.9 Å². The van der Waals surface area contributed by atoms with Crippen LogP contribution >= 0.6 is 0 Å². The topological polar surface area (TPSA) is 136 Å². The second-order valence-electron chi connectivity index (χ2n) is 9.98. The van der Waals surface area contributed by atoms with Gasteiger partial charge in [-0.15, -0.1) is 0 Å². The highest BCUT2D eigenvalue weighted by molar-refractivity contribution is 5.87. The van der Waals surface area contributed by atoms with Crippen molar-refractivity contribution in [3.8, 4) is 0 Å². The van der Waals surface area contributed by atoms with Gasteiger partial charge in [-0.2, -0.15) is 0 Å². The molecule has 0 aromatic rings. The van der Waals surface area contributed by atoms with Gasteiger partial charge in [0.25, 0.3) is 0 Å². The lowest BCUT2D eigenvalue weighted by Gasteiger charge is -2.30. The molecule has 6 unspecified atom stereocenters. The monoisotopic (exact) mass is 572 g/mol. The largest absolute Gasteiger partial charge is 0.457 e. The summed E-state index contributed by atoms with van der Waals surface area (Å²) in [5, 5.41) is 9.51. The van der Waals surface area contributed by atoms with Crippen molar-refractivity contribution < 1.29 is 52.6 Å². The van der Waals surface area contributed by atoms with Crippen LogP contribution in [0.2, 0.25) is 0 Å². The van der Waals surface area contributed by atoms with Gasteiger partial charge in [0.1, 0.15) is 24.4 Å². The Balaban J connectivity index is 5.51. The van der Waals surface area contributed by atoms with E-state index in [1.807, 2.05) is 0 Å². The number of aliphatic hydroxyl groups excluding tert-OH is 1. The molecule has 0 aliphatic heterocycles. The zero-order valence-electron chi connectivity index (χ0n) is 25.1. The zero-order chi connectivity index (χ0) is 30.8. The van der Waals surface area contributed by atoms with Crippen molar-refractivity contribution in [3.05, 3.63) is 36.5 Å². The Labute approximate surface area is 238 Å². The Morgan fingerprint density at radius 3 is 1.40 bits per heavy atom. The Kier molecular flexibility index (Phi) is 19.0. The molecule has 11 heteroatoms. The standard InChI is InChI=1S/C29H48O11/c1-18(2)27(31)38-22(8)14-35-17-26(37-16-24(10)40-29(33)20(5)6)25(11-12-34-13-21(7)30)36-15-23(9)39-28(32)19(3)4/h21-26,30H,1,3,5,11-17H2,2,4,6-10H3. The minimum absolute atomic E-state index is 0.0296. The van der Waals surface area contributed by atoms with Crippen molar-refractivity contribution in [3.63, 3.8) is 0 Å². The number of hydrogen-bond donors (Lipinski definition) is 1. The second kappa shape index (κ2) is 20.3. The van der Waals surface area contributed by atoms with Crippen LogP contribution in [0.1, 0.15) is 54.9 Å². The van der Waals surface area contributed by atoms with E-state index in [9.17, 15) is 19.5 Å². The maximum absolute atomic E-state index is 11.9. The van der Waals surface area contributed by atoms with Gasteiger partial charge in [-0.05, 0) is 54.9 Å². The van der Waals surface area contributed by atoms with E-state index >= 15 is 0 Å². The molecule has 0 aliphatic carbocycles. The van der Waals surface area contributed by atoms with Gasteiger partial charge in [0.2, 0.25) is 0 Å². The Bertz CT molecular complexity index is 836. The smallest absolute Gasteiger partial charge is 0.333 e. The van der Waals surface area contributed by atoms with Crippen LogP contribution in [0.4, 0.5) is 0 Å². The van der Waals surface area contributed by atoms with E-state index in [0.717, 1.165) is 0 Å². The normalized spacial score (nSPS) is 15.6. The fourth-order valence-electron chi connectivity index (χ4n) is 2.91. The summed E-state index contributed by atoms with van der Waals surface area (Å²) in [7, 11) is 0. The zero-order valence-corrected chi connectivity index (χ0v) is 25.1. The van der Waals surface area contributed by atoms with E-state index in [-0.39, 0.29) is 56.4 Å². The van der Waals surface area contributed by atoms with Crippen LogP contribution in [0.25, 0.3) is 0 Å². The van der Waals surface area contributed by atoms with E-state index in [2.05, 4.69) is 19.7 Å². The summed E-state index contributed by atoms with van der Waals surface area (Å²) in [5.74, 6) is -1.59. The van der Waals surface area contributed by atoms with Crippen molar-refractivity contribution in [2.45, 2.75) is 91.5 Å². The van der Waals surface area contributed by atoms with E-state index in [1.54, 1.807) is 48.5 Å². The molecule has 40 heavy (non-hydrogen) atoms. The molecule has 0 amide bonds. The average Bonchev–Trinajstić information content (AvgIpc) is 2.85. The number of ether oxygens (including phenoxy) is 7. The quantitative estimate of drug-likeness (QED) is 0.0887. The first-order valence-corrected chi connectivity index (χ1v) is 13.3. The highest BCUT2D eigenvalue weighted by Crippen LogP contribution is 2.14. The second-order valence-corrected chi connectivity index (χ2v) is 9.98. The van der Waals surface area contributed by atoms with Crippen molar-refractivity contribution in [2.75, 3.05) is 39.6 Å². The molecule has 0 rings (SSSR count). The average molecular weight is 573 g/mol. The van der Waals surface area contributed by atoms with E-state index in [0.29, 0.717) is 6.42 Å². The van der Waals surface area contributed by atoms with Crippen LogP contribution in [0, 0.1) is 0 Å². The lowest BCUT2D eigenvalue weighted by molar-refractivity contribution is -0.164. The maximum Gasteiger partial charge on any atom is 0.333 e. The first-order chi connectivity index (χ1) is 18.6. The lowest BCUT2D eigenvalue weighted by Crippen LogP contribution is -2.40. The third-order valence-electron chi connectivity index (χ3n) is 5.02. The van der Waals surface area contributed by atoms with E-state index in [4.69, 9.17) is 33.2 Å². The predicted octanol–water partition coefficient (Wildman–Crippen LogP) is 3.08. The fraction of sp³-hybridized carbons (Fsp3) is 0.690. The molecule has 0 heterocycles. The van der Waals surface area contributed by atoms with Gasteiger partial charge in [-0.25, -0.2) is 14.4 Å². The summed E-state index contributed by atoms with van der Waals surface area (Å²) in [4.78, 5) is 35.6. The van der Waals surface area contributed by atoms with Crippen LogP contribution in [0.3, 0.4) is 0 Å². The highest BCUT2D eigenvalue weighted by atomic mass is 16.6. The van der Waals surface area contributed by atoms with Gasteiger partial charge in [-0.1, -0.05) is 19.7 Å². The molecule has 0 aliphatic rings. The Morgan fingerprint density at radius 2 is 1.00 bits per heavy atom. The van der Waals surface area contributed by atoms with E-state index < -0.39 is 54.5 Å². The first-order valence-electron chi connectivity index (χ1n) is 13.3. The fourth-order valence-corrected chi connectivity index (χ4v) is 2.91. The number of carbonyl (C=O) groups excluding carboxylic acids is 3. The van der Waals surface area contributed by atoms with Crippen LogP contribution in [0.15, 0.2) is 36.5 Å². The number of carbonyl (C=O) groups is 3. The maximum atomic E-state index is 11.9. The Hall–Kier alpha value is -2.57. The molecule has 0 radical (unpaired) electrons. The number of hydrogen-bond acceptors (Lipinski definition) is 11. The molecular weight excluding hydrogens is 524 g/mol. The summed E-state index contributed by atoms with van der Waals surface area (Å²) in [6.07, 6.45) is -3.28. The van der Waals surface area contributed by atoms with Gasteiger partial charge in [-0.3, -0.25) is 0 Å². The number of aliphatic hydroxyl groups is 1. The minimum atomic E-state index is -0.672. The van der Waals surface area contributed by atoms with Crippen molar-refractivity contribution >= 4 is 17.9 Å². The van der Waals surface area contributed by atoms with Gasteiger partial charge in [0.15, 0.2) is 0 Å². The molecule has 0 aromatic carbocycles. The summed E-state index contributed by atoms with van der Waals surface area (Å²) < 4.78 is 39.4. The third kappa shape index (κ3) is 17.9. The molecule has 0 bridgehead atoms. The molecule has 0 aromatic heterocycles. The van der Waals surface area contributed by atoms with Crippen molar-refractivity contribution in [2.24, 2.45) is 0 Å². The summed E-state index contributed by atoms with van der Waals surface area (Å²) in [6.45, 7) is 22.6. The molecule has 0 saturated carbocycles. The Morgan fingerprint density at radius 1 is 0.600 bits per heavy atom. The molecular formula is C29H48O11. The first kappa shape index (κ1) is 37.4. The molecule has 0 spiro atoms. The number of rotatable bonds is 22. The molecule has 6 atom stereocenters. The summed E-state index contributed by atoms with van der Waals surface area (Å²) in [5.41, 5.74) is 0.808. The van der Waals surface area contributed by atoms with Crippen LogP contribution in [-0.2, 0) is 47.5 Å². The van der Waals surface area contributed by atoms with Gasteiger partial charge in [0, 0.05) is 23.3 Å². The SMILES string of the molecule is C=C(C)C(=O)OC(C)COCC(OCC(C)OC(=O)C(=C)C)C(CCOCC(C)O)OCC(C)OC(=O)C(=C)C. The van der Waals surface area contributed by atoms with Gasteiger partial charge < -0.3 is 38.3 Å². The van der Waals surface area contributed by atoms with Crippen LogP contribution in [0.5, 0.6) is 0 Å². The van der Waals surface area contributed by atoms with Crippen LogP contribution < -0.4 is 0 Å². The lowest BCUT2D eigenvalue weighted by atomic mass is 10.1. The molecule has 230 valence electrons. The molecule has 0 fully saturated rings. The van der Waals surface area contributed by atoms with Crippen molar-refractivity contribution in [1.82, 2.24) is 0 Å². The molecule has 1 N–H and O–H groups in total. The minimum Gasteiger partial charge on any atom is -0.457 e. The summed E-state index contributed by atoms with van der Waals surface area (Å²) >= 11 is 0. The van der Waals surface area contributed by atoms with Gasteiger partial charge in [0.05, 0.1) is 45.2 Å². The van der Waals surface area contributed by atoms with Crippen molar-refractivity contribution in [1.29, 1.82) is 0 Å². The molecule has 11 nitrogen and oxygen atoms in total. The summed E-state index contributed by atoms with van der Waals surface area (Å²) in [6, 6.07) is 0. The van der Waals surface area contributed by atoms with Crippen LogP contribution in [-0.4, -0.2) is 99.3 Å². The highest BCUT2D eigenvalue weighted by Gasteiger charge is 2.27.